The third kappa shape index (κ3) is 3.00. The minimum atomic E-state index is 0.481. The first-order chi connectivity index (χ1) is 6.77. The lowest BCUT2D eigenvalue weighted by Gasteiger charge is -2.09. The quantitative estimate of drug-likeness (QED) is 0.729. The van der Waals surface area contributed by atoms with E-state index in [1.165, 1.54) is 0 Å². The predicted octanol–water partition coefficient (Wildman–Crippen LogP) is 2.03. The molecule has 0 aliphatic heterocycles. The summed E-state index contributed by atoms with van der Waals surface area (Å²) in [5.74, 6) is 0.883. The minimum absolute atomic E-state index is 0.481. The van der Waals surface area contributed by atoms with Gasteiger partial charge in [0.2, 0.25) is 0 Å². The standard InChI is InChI=1S/C11H18N2O/c1-3-4-5-14-11-6-9(2)13-8-10(11)7-12/h6,8H,3-5,7,12H2,1-2H3. The lowest BCUT2D eigenvalue weighted by Crippen LogP contribution is -2.04. The van der Waals surface area contributed by atoms with Crippen LogP contribution in [-0.4, -0.2) is 11.6 Å². The van der Waals surface area contributed by atoms with E-state index in [4.69, 9.17) is 10.5 Å². The SMILES string of the molecule is CCCCOc1cc(C)ncc1CN. The molecular weight excluding hydrogens is 176 g/mol. The van der Waals surface area contributed by atoms with Gasteiger partial charge < -0.3 is 10.5 Å². The summed E-state index contributed by atoms with van der Waals surface area (Å²) in [7, 11) is 0. The Bertz CT molecular complexity index is 287. The number of hydrogen-bond acceptors (Lipinski definition) is 3. The summed E-state index contributed by atoms with van der Waals surface area (Å²) < 4.78 is 5.63. The Labute approximate surface area is 85.3 Å². The van der Waals surface area contributed by atoms with Crippen molar-refractivity contribution < 1.29 is 4.74 Å². The molecule has 1 heterocycles. The fourth-order valence-corrected chi connectivity index (χ4v) is 1.18. The first-order valence-electron chi connectivity index (χ1n) is 5.06. The number of ether oxygens (including phenoxy) is 1. The molecule has 0 unspecified atom stereocenters. The molecule has 0 saturated carbocycles. The number of nitrogens with two attached hydrogens (primary N) is 1. The molecule has 1 aromatic heterocycles. The number of rotatable bonds is 5. The Kier molecular flexibility index (Phi) is 4.40. The van der Waals surface area contributed by atoms with Crippen molar-refractivity contribution in [1.29, 1.82) is 0 Å². The van der Waals surface area contributed by atoms with Crippen molar-refractivity contribution in [3.05, 3.63) is 23.5 Å². The van der Waals surface area contributed by atoms with Crippen molar-refractivity contribution in [3.8, 4) is 5.75 Å². The predicted molar refractivity (Wildman–Crippen MR) is 57.3 cm³/mol. The van der Waals surface area contributed by atoms with E-state index in [9.17, 15) is 0 Å². The van der Waals surface area contributed by atoms with Gasteiger partial charge in [-0.15, -0.1) is 0 Å². The summed E-state index contributed by atoms with van der Waals surface area (Å²) in [5, 5.41) is 0. The highest BCUT2D eigenvalue weighted by atomic mass is 16.5. The van der Waals surface area contributed by atoms with Gasteiger partial charge in [0.25, 0.3) is 0 Å². The van der Waals surface area contributed by atoms with Crippen LogP contribution in [-0.2, 0) is 6.54 Å². The number of aromatic nitrogens is 1. The van der Waals surface area contributed by atoms with Crippen molar-refractivity contribution in [2.45, 2.75) is 33.2 Å². The van der Waals surface area contributed by atoms with Crippen LogP contribution in [0.4, 0.5) is 0 Å². The highest BCUT2D eigenvalue weighted by Crippen LogP contribution is 2.18. The molecule has 0 fully saturated rings. The third-order valence-corrected chi connectivity index (χ3v) is 2.06. The summed E-state index contributed by atoms with van der Waals surface area (Å²) in [6, 6.07) is 1.94. The van der Waals surface area contributed by atoms with E-state index < -0.39 is 0 Å². The number of nitrogens with zero attached hydrogens (tertiary/aromatic N) is 1. The second kappa shape index (κ2) is 5.60. The Morgan fingerprint density at radius 2 is 2.29 bits per heavy atom. The second-order valence-electron chi connectivity index (χ2n) is 3.34. The van der Waals surface area contributed by atoms with Gasteiger partial charge in [0.15, 0.2) is 0 Å². The Hall–Kier alpha value is -1.09. The average molecular weight is 194 g/mol. The molecule has 3 nitrogen and oxygen atoms in total. The summed E-state index contributed by atoms with van der Waals surface area (Å²) >= 11 is 0. The van der Waals surface area contributed by atoms with E-state index in [2.05, 4.69) is 11.9 Å². The van der Waals surface area contributed by atoms with Gasteiger partial charge in [-0.1, -0.05) is 13.3 Å². The Balaban J connectivity index is 2.67. The van der Waals surface area contributed by atoms with E-state index in [1.807, 2.05) is 13.0 Å². The van der Waals surface area contributed by atoms with Crippen molar-refractivity contribution in [3.63, 3.8) is 0 Å². The highest BCUT2D eigenvalue weighted by Gasteiger charge is 2.02. The topological polar surface area (TPSA) is 48.1 Å². The van der Waals surface area contributed by atoms with E-state index in [-0.39, 0.29) is 0 Å². The van der Waals surface area contributed by atoms with Crippen molar-refractivity contribution in [2.75, 3.05) is 6.61 Å². The number of aryl methyl sites for hydroxylation is 1. The van der Waals surface area contributed by atoms with Gasteiger partial charge in [-0.3, -0.25) is 4.98 Å². The molecule has 0 saturated heterocycles. The maximum Gasteiger partial charge on any atom is 0.127 e. The third-order valence-electron chi connectivity index (χ3n) is 2.06. The van der Waals surface area contributed by atoms with Gasteiger partial charge in [-0.2, -0.15) is 0 Å². The van der Waals surface area contributed by atoms with Crippen LogP contribution in [0.2, 0.25) is 0 Å². The zero-order valence-corrected chi connectivity index (χ0v) is 8.92. The highest BCUT2D eigenvalue weighted by molar-refractivity contribution is 5.32. The molecular formula is C11H18N2O. The molecule has 0 amide bonds. The molecule has 2 N–H and O–H groups in total. The van der Waals surface area contributed by atoms with Crippen LogP contribution in [0.25, 0.3) is 0 Å². The lowest BCUT2D eigenvalue weighted by molar-refractivity contribution is 0.305. The number of pyridine rings is 1. The van der Waals surface area contributed by atoms with Crippen molar-refractivity contribution >= 4 is 0 Å². The largest absolute Gasteiger partial charge is 0.493 e. The smallest absolute Gasteiger partial charge is 0.127 e. The van der Waals surface area contributed by atoms with Crippen LogP contribution in [0.5, 0.6) is 5.75 Å². The molecule has 78 valence electrons. The lowest BCUT2D eigenvalue weighted by atomic mass is 10.2. The van der Waals surface area contributed by atoms with Crippen molar-refractivity contribution in [1.82, 2.24) is 4.98 Å². The van der Waals surface area contributed by atoms with E-state index >= 15 is 0 Å². The molecule has 1 aromatic rings. The summed E-state index contributed by atoms with van der Waals surface area (Å²) in [6.07, 6.45) is 4.00. The van der Waals surface area contributed by atoms with Gasteiger partial charge in [0.1, 0.15) is 5.75 Å². The first kappa shape index (κ1) is 11.0. The minimum Gasteiger partial charge on any atom is -0.493 e. The number of unbranched alkanes of at least 4 members (excludes halogenated alkanes) is 1. The van der Waals surface area contributed by atoms with Gasteiger partial charge >= 0.3 is 0 Å². The van der Waals surface area contributed by atoms with Gasteiger partial charge in [0, 0.05) is 30.1 Å². The summed E-state index contributed by atoms with van der Waals surface area (Å²) in [6.45, 7) is 5.33. The summed E-state index contributed by atoms with van der Waals surface area (Å²) in [5.41, 5.74) is 7.53. The van der Waals surface area contributed by atoms with E-state index in [0.717, 1.165) is 36.5 Å². The molecule has 0 aliphatic rings. The molecule has 3 heteroatoms. The van der Waals surface area contributed by atoms with Crippen LogP contribution in [0.3, 0.4) is 0 Å². The van der Waals surface area contributed by atoms with Gasteiger partial charge in [-0.25, -0.2) is 0 Å². The molecule has 0 aromatic carbocycles. The van der Waals surface area contributed by atoms with Gasteiger partial charge in [0.05, 0.1) is 6.61 Å². The molecule has 0 radical (unpaired) electrons. The molecule has 0 aliphatic carbocycles. The Morgan fingerprint density at radius 3 is 2.93 bits per heavy atom. The van der Waals surface area contributed by atoms with Gasteiger partial charge in [-0.05, 0) is 13.3 Å². The average Bonchev–Trinajstić information content (AvgIpc) is 2.19. The van der Waals surface area contributed by atoms with E-state index in [1.54, 1.807) is 6.20 Å². The van der Waals surface area contributed by atoms with Crippen LogP contribution < -0.4 is 10.5 Å². The van der Waals surface area contributed by atoms with Crippen LogP contribution in [0, 0.1) is 6.92 Å². The van der Waals surface area contributed by atoms with E-state index in [0.29, 0.717) is 6.54 Å². The maximum absolute atomic E-state index is 5.63. The van der Waals surface area contributed by atoms with Crippen molar-refractivity contribution in [2.24, 2.45) is 5.73 Å². The molecule has 14 heavy (non-hydrogen) atoms. The fourth-order valence-electron chi connectivity index (χ4n) is 1.18. The monoisotopic (exact) mass is 194 g/mol. The fraction of sp³-hybridized carbons (Fsp3) is 0.545. The zero-order valence-electron chi connectivity index (χ0n) is 8.92. The molecule has 0 spiro atoms. The first-order valence-corrected chi connectivity index (χ1v) is 5.06. The second-order valence-corrected chi connectivity index (χ2v) is 3.34. The molecule has 0 bridgehead atoms. The zero-order chi connectivity index (χ0) is 10.4. The number of hydrogen-bond donors (Lipinski definition) is 1. The summed E-state index contributed by atoms with van der Waals surface area (Å²) in [4.78, 5) is 4.18. The molecule has 0 atom stereocenters. The Morgan fingerprint density at radius 1 is 1.50 bits per heavy atom. The van der Waals surface area contributed by atoms with Crippen LogP contribution in [0.15, 0.2) is 12.3 Å². The molecule has 1 rings (SSSR count). The van der Waals surface area contributed by atoms with Crippen LogP contribution in [0.1, 0.15) is 31.0 Å². The van der Waals surface area contributed by atoms with Crippen LogP contribution >= 0.6 is 0 Å². The maximum atomic E-state index is 5.63. The normalized spacial score (nSPS) is 10.2.